The summed E-state index contributed by atoms with van der Waals surface area (Å²) >= 11 is 3.62. The molecule has 2 aromatic carbocycles. The monoisotopic (exact) mass is 302 g/mol. The second-order valence-corrected chi connectivity index (χ2v) is 6.54. The summed E-state index contributed by atoms with van der Waals surface area (Å²) in [6, 6.07) is 12.6. The normalized spacial score (nSPS) is 12.4. The van der Waals surface area contributed by atoms with Crippen LogP contribution >= 0.6 is 15.9 Å². The number of furan rings is 1. The number of rotatable bonds is 0. The molecular weight excluding hydrogens is 288 g/mol. The van der Waals surface area contributed by atoms with Gasteiger partial charge in [0.05, 0.1) is 4.47 Å². The van der Waals surface area contributed by atoms with Crippen molar-refractivity contribution in [2.24, 2.45) is 0 Å². The Morgan fingerprint density at radius 2 is 1.72 bits per heavy atom. The molecule has 0 amide bonds. The lowest BCUT2D eigenvalue weighted by molar-refractivity contribution is 0.590. The van der Waals surface area contributed by atoms with Gasteiger partial charge in [-0.25, -0.2) is 0 Å². The number of benzene rings is 2. The molecular formula is C16H15BrO. The van der Waals surface area contributed by atoms with Crippen molar-refractivity contribution in [2.45, 2.75) is 26.2 Å². The molecule has 0 spiro atoms. The first kappa shape index (κ1) is 11.8. The van der Waals surface area contributed by atoms with Crippen molar-refractivity contribution in [3.8, 4) is 0 Å². The highest BCUT2D eigenvalue weighted by Crippen LogP contribution is 2.37. The molecule has 18 heavy (non-hydrogen) atoms. The molecule has 3 rings (SSSR count). The Hall–Kier alpha value is -1.28. The fourth-order valence-corrected chi connectivity index (χ4v) is 2.76. The minimum absolute atomic E-state index is 0.134. The Morgan fingerprint density at radius 1 is 1.00 bits per heavy atom. The van der Waals surface area contributed by atoms with Gasteiger partial charge in [-0.15, -0.1) is 0 Å². The van der Waals surface area contributed by atoms with Gasteiger partial charge >= 0.3 is 0 Å². The zero-order valence-electron chi connectivity index (χ0n) is 10.8. The van der Waals surface area contributed by atoms with Gasteiger partial charge in [-0.2, -0.15) is 0 Å². The molecule has 0 N–H and O–H groups in total. The van der Waals surface area contributed by atoms with Crippen molar-refractivity contribution in [3.63, 3.8) is 0 Å². The molecule has 0 bridgehead atoms. The highest BCUT2D eigenvalue weighted by atomic mass is 79.9. The summed E-state index contributed by atoms with van der Waals surface area (Å²) in [6.45, 7) is 6.68. The maximum atomic E-state index is 5.90. The van der Waals surface area contributed by atoms with E-state index in [1.165, 1.54) is 16.3 Å². The van der Waals surface area contributed by atoms with Gasteiger partial charge in [0.25, 0.3) is 0 Å². The van der Waals surface area contributed by atoms with E-state index in [9.17, 15) is 0 Å². The van der Waals surface area contributed by atoms with E-state index >= 15 is 0 Å². The van der Waals surface area contributed by atoms with E-state index in [4.69, 9.17) is 4.42 Å². The van der Waals surface area contributed by atoms with Crippen LogP contribution in [0.2, 0.25) is 0 Å². The smallest absolute Gasteiger partial charge is 0.149 e. The highest BCUT2D eigenvalue weighted by Gasteiger charge is 2.18. The van der Waals surface area contributed by atoms with E-state index in [1.54, 1.807) is 0 Å². The minimum Gasteiger partial charge on any atom is -0.455 e. The molecule has 0 aliphatic heterocycles. The minimum atomic E-state index is 0.134. The Kier molecular flexibility index (Phi) is 2.53. The summed E-state index contributed by atoms with van der Waals surface area (Å²) < 4.78 is 6.93. The quantitative estimate of drug-likeness (QED) is 0.523. The maximum absolute atomic E-state index is 5.90. The molecule has 3 aromatic rings. The van der Waals surface area contributed by atoms with Crippen molar-refractivity contribution < 1.29 is 4.42 Å². The molecule has 1 nitrogen and oxygen atoms in total. The van der Waals surface area contributed by atoms with E-state index in [-0.39, 0.29) is 5.41 Å². The van der Waals surface area contributed by atoms with Crippen LogP contribution in [0.3, 0.4) is 0 Å². The third-order valence-electron chi connectivity index (χ3n) is 3.30. The molecule has 0 radical (unpaired) electrons. The van der Waals surface area contributed by atoms with Gasteiger partial charge in [-0.1, -0.05) is 39.0 Å². The van der Waals surface area contributed by atoms with Gasteiger partial charge in [0.1, 0.15) is 11.2 Å². The molecule has 0 saturated heterocycles. The number of fused-ring (bicyclic) bond motifs is 3. The maximum Gasteiger partial charge on any atom is 0.149 e. The number of hydrogen-bond acceptors (Lipinski definition) is 1. The number of hydrogen-bond donors (Lipinski definition) is 0. The zero-order chi connectivity index (χ0) is 12.9. The standard InChI is InChI=1S/C16H15BrO/c1-16(2,3)10-8-12-11-6-4-5-7-14(11)18-15(12)13(17)9-10/h4-9H,1-3H3. The van der Waals surface area contributed by atoms with E-state index in [1.807, 2.05) is 12.1 Å². The van der Waals surface area contributed by atoms with Gasteiger partial charge in [0, 0.05) is 10.8 Å². The van der Waals surface area contributed by atoms with Crippen molar-refractivity contribution >= 4 is 37.9 Å². The molecule has 1 heterocycles. The molecule has 0 unspecified atom stereocenters. The lowest BCUT2D eigenvalue weighted by atomic mass is 9.86. The van der Waals surface area contributed by atoms with E-state index < -0.39 is 0 Å². The number of para-hydroxylation sites is 1. The van der Waals surface area contributed by atoms with Gasteiger partial charge in [0.2, 0.25) is 0 Å². The average molecular weight is 303 g/mol. The predicted octanol–water partition coefficient (Wildman–Crippen LogP) is 5.65. The second-order valence-electron chi connectivity index (χ2n) is 5.68. The summed E-state index contributed by atoms with van der Waals surface area (Å²) in [6.07, 6.45) is 0. The Bertz CT molecular complexity index is 732. The van der Waals surface area contributed by atoms with Crippen molar-refractivity contribution in [1.82, 2.24) is 0 Å². The van der Waals surface area contributed by atoms with Crippen LogP contribution in [0.1, 0.15) is 26.3 Å². The van der Waals surface area contributed by atoms with Crippen molar-refractivity contribution in [2.75, 3.05) is 0 Å². The Labute approximate surface area is 115 Å². The summed E-state index contributed by atoms with van der Waals surface area (Å²) in [5.74, 6) is 0. The van der Waals surface area contributed by atoms with E-state index in [0.717, 1.165) is 15.6 Å². The van der Waals surface area contributed by atoms with Crippen LogP contribution in [0.4, 0.5) is 0 Å². The molecule has 0 fully saturated rings. The van der Waals surface area contributed by atoms with Crippen LogP contribution in [-0.2, 0) is 5.41 Å². The van der Waals surface area contributed by atoms with E-state index in [2.05, 4.69) is 61.0 Å². The van der Waals surface area contributed by atoms with Crippen molar-refractivity contribution in [1.29, 1.82) is 0 Å². The first-order valence-corrected chi connectivity index (χ1v) is 6.87. The number of halogens is 1. The fraction of sp³-hybridized carbons (Fsp3) is 0.250. The van der Waals surface area contributed by atoms with Crippen molar-refractivity contribution in [3.05, 3.63) is 46.4 Å². The molecule has 2 heteroatoms. The molecule has 92 valence electrons. The first-order chi connectivity index (χ1) is 8.47. The third-order valence-corrected chi connectivity index (χ3v) is 3.89. The molecule has 0 saturated carbocycles. The van der Waals surface area contributed by atoms with Crippen LogP contribution in [0.5, 0.6) is 0 Å². The van der Waals surface area contributed by atoms with Crippen LogP contribution in [-0.4, -0.2) is 0 Å². The Balaban J connectivity index is 2.44. The molecule has 0 aliphatic carbocycles. The molecule has 1 aromatic heterocycles. The molecule has 0 atom stereocenters. The van der Waals surface area contributed by atoms with Gasteiger partial charge in [-0.3, -0.25) is 0 Å². The van der Waals surface area contributed by atoms with Gasteiger partial charge < -0.3 is 4.42 Å². The van der Waals surface area contributed by atoms with E-state index in [0.29, 0.717) is 0 Å². The van der Waals surface area contributed by atoms with Crippen LogP contribution in [0.15, 0.2) is 45.3 Å². The third kappa shape index (κ3) is 1.76. The van der Waals surface area contributed by atoms with Crippen LogP contribution in [0, 0.1) is 0 Å². The Morgan fingerprint density at radius 3 is 2.44 bits per heavy atom. The summed E-state index contributed by atoms with van der Waals surface area (Å²) in [5, 5.41) is 2.37. The summed E-state index contributed by atoms with van der Waals surface area (Å²) in [4.78, 5) is 0. The SMILES string of the molecule is CC(C)(C)c1cc(Br)c2oc3ccccc3c2c1. The average Bonchev–Trinajstić information content (AvgIpc) is 2.67. The largest absolute Gasteiger partial charge is 0.455 e. The fourth-order valence-electron chi connectivity index (χ4n) is 2.22. The van der Waals surface area contributed by atoms with Gasteiger partial charge in [0.15, 0.2) is 0 Å². The predicted molar refractivity (Wildman–Crippen MR) is 80.1 cm³/mol. The van der Waals surface area contributed by atoms with Crippen LogP contribution in [0.25, 0.3) is 21.9 Å². The summed E-state index contributed by atoms with van der Waals surface area (Å²) in [7, 11) is 0. The second kappa shape index (κ2) is 3.86. The topological polar surface area (TPSA) is 13.1 Å². The van der Waals surface area contributed by atoms with Crippen LogP contribution < -0.4 is 0 Å². The first-order valence-electron chi connectivity index (χ1n) is 6.08. The lowest BCUT2D eigenvalue weighted by Crippen LogP contribution is -2.10. The summed E-state index contributed by atoms with van der Waals surface area (Å²) in [5.41, 5.74) is 3.33. The van der Waals surface area contributed by atoms with Gasteiger partial charge in [-0.05, 0) is 45.1 Å². The zero-order valence-corrected chi connectivity index (χ0v) is 12.3. The highest BCUT2D eigenvalue weighted by molar-refractivity contribution is 9.10. The molecule has 0 aliphatic rings. The lowest BCUT2D eigenvalue weighted by Gasteiger charge is -2.19.